The van der Waals surface area contributed by atoms with E-state index in [2.05, 4.69) is 57.0 Å². The molecule has 2 aromatic carbocycles. The third kappa shape index (κ3) is 3.27. The van der Waals surface area contributed by atoms with Crippen LogP contribution in [0.3, 0.4) is 0 Å². The Hall–Kier alpha value is -3.12. The average Bonchev–Trinajstić information content (AvgIpc) is 3.35. The molecule has 5 rings (SSSR count). The predicted octanol–water partition coefficient (Wildman–Crippen LogP) is 2.44. The summed E-state index contributed by atoms with van der Waals surface area (Å²) < 4.78 is 2.02. The fourth-order valence-corrected chi connectivity index (χ4v) is 3.97. The Kier molecular flexibility index (Phi) is 4.33. The Morgan fingerprint density at radius 3 is 2.68 bits per heavy atom. The highest BCUT2D eigenvalue weighted by Crippen LogP contribution is 2.28. The second-order valence-electron chi connectivity index (χ2n) is 7.38. The van der Waals surface area contributed by atoms with Crippen LogP contribution >= 0.6 is 0 Å². The summed E-state index contributed by atoms with van der Waals surface area (Å²) in [5.74, 6) is -0.0670. The zero-order valence-corrected chi connectivity index (χ0v) is 15.7. The van der Waals surface area contributed by atoms with Gasteiger partial charge in [-0.1, -0.05) is 30.3 Å². The first-order chi connectivity index (χ1) is 13.8. The van der Waals surface area contributed by atoms with Gasteiger partial charge in [0, 0.05) is 37.4 Å². The molecule has 1 aromatic heterocycles. The van der Waals surface area contributed by atoms with Crippen LogP contribution in [0.25, 0.3) is 0 Å². The number of hydrogen-bond donors (Lipinski definition) is 2. The van der Waals surface area contributed by atoms with E-state index in [0.29, 0.717) is 12.1 Å². The highest BCUT2D eigenvalue weighted by Gasteiger charge is 2.19. The van der Waals surface area contributed by atoms with E-state index in [1.165, 1.54) is 16.8 Å². The van der Waals surface area contributed by atoms with Crippen LogP contribution in [0.15, 0.2) is 54.6 Å². The first-order valence-electron chi connectivity index (χ1n) is 9.72. The first kappa shape index (κ1) is 17.0. The quantitative estimate of drug-likeness (QED) is 0.737. The third-order valence-electron chi connectivity index (χ3n) is 5.46. The van der Waals surface area contributed by atoms with Crippen LogP contribution in [0.5, 0.6) is 0 Å². The zero-order valence-electron chi connectivity index (χ0n) is 15.7. The van der Waals surface area contributed by atoms with E-state index in [4.69, 9.17) is 0 Å². The van der Waals surface area contributed by atoms with Gasteiger partial charge < -0.3 is 15.5 Å². The van der Waals surface area contributed by atoms with E-state index in [-0.39, 0.29) is 5.91 Å². The van der Waals surface area contributed by atoms with Gasteiger partial charge in [-0.3, -0.25) is 9.48 Å². The van der Waals surface area contributed by atoms with E-state index < -0.39 is 0 Å². The van der Waals surface area contributed by atoms with Crippen molar-refractivity contribution in [2.24, 2.45) is 0 Å². The molecule has 0 radical (unpaired) electrons. The van der Waals surface area contributed by atoms with Crippen LogP contribution in [-0.4, -0.2) is 22.2 Å². The smallest absolute Gasteiger partial charge is 0.251 e. The Morgan fingerprint density at radius 2 is 1.89 bits per heavy atom. The molecule has 0 unspecified atom stereocenters. The van der Waals surface area contributed by atoms with Crippen molar-refractivity contribution >= 4 is 11.6 Å². The van der Waals surface area contributed by atoms with Gasteiger partial charge in [-0.05, 0) is 35.4 Å². The van der Waals surface area contributed by atoms with Crippen molar-refractivity contribution in [1.82, 2.24) is 20.4 Å². The number of fused-ring (bicyclic) bond motifs is 2. The fourth-order valence-electron chi connectivity index (χ4n) is 3.97. The van der Waals surface area contributed by atoms with E-state index in [0.717, 1.165) is 44.1 Å². The van der Waals surface area contributed by atoms with Crippen molar-refractivity contribution in [2.45, 2.75) is 32.7 Å². The molecule has 6 nitrogen and oxygen atoms in total. The van der Waals surface area contributed by atoms with Crippen LogP contribution in [-0.2, 0) is 32.7 Å². The molecule has 0 fully saturated rings. The molecule has 2 aliphatic rings. The normalized spacial score (nSPS) is 15.2. The Bertz CT molecular complexity index is 977. The standard InChI is InChI=1S/C22H23N5O/c28-22(24-12-19-11-21-13-23-8-9-27(21)25-19)16-6-3-7-20(10-16)26-14-17-4-1-2-5-18(17)15-26/h1-7,10-11,23H,8-9,12-15H2,(H,24,28). The van der Waals surface area contributed by atoms with E-state index in [1.54, 1.807) is 0 Å². The predicted molar refractivity (Wildman–Crippen MR) is 108 cm³/mol. The third-order valence-corrected chi connectivity index (χ3v) is 5.46. The molecule has 2 aliphatic heterocycles. The largest absolute Gasteiger partial charge is 0.363 e. The summed E-state index contributed by atoms with van der Waals surface area (Å²) in [6.45, 7) is 4.86. The first-order valence-corrected chi connectivity index (χ1v) is 9.72. The van der Waals surface area contributed by atoms with Crippen molar-refractivity contribution < 1.29 is 4.79 Å². The maximum atomic E-state index is 12.7. The SMILES string of the molecule is O=C(NCc1cc2n(n1)CCNC2)c1cccc(N2Cc3ccccc3C2)c1. The van der Waals surface area contributed by atoms with E-state index >= 15 is 0 Å². The maximum Gasteiger partial charge on any atom is 0.251 e. The summed E-state index contributed by atoms with van der Waals surface area (Å²) in [5, 5.41) is 10.9. The summed E-state index contributed by atoms with van der Waals surface area (Å²) >= 11 is 0. The molecule has 0 saturated carbocycles. The lowest BCUT2D eigenvalue weighted by Gasteiger charge is -2.18. The molecule has 6 heteroatoms. The summed E-state index contributed by atoms with van der Waals surface area (Å²) in [6.07, 6.45) is 0. The van der Waals surface area contributed by atoms with E-state index in [9.17, 15) is 4.79 Å². The molecule has 1 amide bonds. The van der Waals surface area contributed by atoms with Gasteiger partial charge in [-0.15, -0.1) is 0 Å². The summed E-state index contributed by atoms with van der Waals surface area (Å²) in [7, 11) is 0. The minimum absolute atomic E-state index is 0.0670. The highest BCUT2D eigenvalue weighted by molar-refractivity contribution is 5.95. The molecule has 3 aromatic rings. The Balaban J connectivity index is 1.26. The number of benzene rings is 2. The lowest BCUT2D eigenvalue weighted by atomic mass is 10.1. The number of carbonyl (C=O) groups excluding carboxylic acids is 1. The molecular weight excluding hydrogens is 350 g/mol. The second kappa shape index (κ2) is 7.13. The number of carbonyl (C=O) groups is 1. The van der Waals surface area contributed by atoms with Gasteiger partial charge in [-0.2, -0.15) is 5.10 Å². The van der Waals surface area contributed by atoms with Crippen molar-refractivity contribution in [3.8, 4) is 0 Å². The lowest BCUT2D eigenvalue weighted by molar-refractivity contribution is 0.0950. The second-order valence-corrected chi connectivity index (χ2v) is 7.38. The zero-order chi connectivity index (χ0) is 18.9. The molecule has 3 heterocycles. The number of hydrogen-bond acceptors (Lipinski definition) is 4. The van der Waals surface area contributed by atoms with Crippen LogP contribution in [0.2, 0.25) is 0 Å². The number of nitrogens with zero attached hydrogens (tertiary/aromatic N) is 3. The van der Waals surface area contributed by atoms with Crippen LogP contribution < -0.4 is 15.5 Å². The van der Waals surface area contributed by atoms with Crippen molar-refractivity contribution in [1.29, 1.82) is 0 Å². The number of aromatic nitrogens is 2. The van der Waals surface area contributed by atoms with Crippen molar-refractivity contribution in [2.75, 3.05) is 11.4 Å². The number of nitrogens with one attached hydrogen (secondary N) is 2. The molecule has 28 heavy (non-hydrogen) atoms. The van der Waals surface area contributed by atoms with Crippen molar-refractivity contribution in [3.63, 3.8) is 0 Å². The molecule has 0 spiro atoms. The Morgan fingerprint density at radius 1 is 1.07 bits per heavy atom. The summed E-state index contributed by atoms with van der Waals surface area (Å²) in [5.41, 5.74) is 6.54. The van der Waals surface area contributed by atoms with E-state index in [1.807, 2.05) is 22.9 Å². The maximum absolute atomic E-state index is 12.7. The fraction of sp³-hybridized carbons (Fsp3) is 0.273. The average molecular weight is 373 g/mol. The number of amides is 1. The summed E-state index contributed by atoms with van der Waals surface area (Å²) in [6, 6.07) is 18.4. The van der Waals surface area contributed by atoms with Crippen molar-refractivity contribution in [3.05, 3.63) is 82.7 Å². The molecule has 0 atom stereocenters. The number of rotatable bonds is 4. The van der Waals surface area contributed by atoms with Gasteiger partial charge in [-0.25, -0.2) is 0 Å². The minimum Gasteiger partial charge on any atom is -0.363 e. The molecule has 0 bridgehead atoms. The molecule has 142 valence electrons. The molecule has 0 saturated heterocycles. The topological polar surface area (TPSA) is 62.2 Å². The van der Waals surface area contributed by atoms with Gasteiger partial charge in [0.25, 0.3) is 5.91 Å². The van der Waals surface area contributed by atoms with Crippen LogP contribution in [0.4, 0.5) is 5.69 Å². The van der Waals surface area contributed by atoms with Gasteiger partial charge in [0.15, 0.2) is 0 Å². The van der Waals surface area contributed by atoms with Gasteiger partial charge >= 0.3 is 0 Å². The number of anilines is 1. The lowest BCUT2D eigenvalue weighted by Crippen LogP contribution is -2.28. The van der Waals surface area contributed by atoms with Crippen LogP contribution in [0.1, 0.15) is 32.9 Å². The Labute approximate surface area is 164 Å². The molecule has 0 aliphatic carbocycles. The van der Waals surface area contributed by atoms with Gasteiger partial charge in [0.05, 0.1) is 24.5 Å². The highest BCUT2D eigenvalue weighted by atomic mass is 16.1. The van der Waals surface area contributed by atoms with Gasteiger partial charge in [0.2, 0.25) is 0 Å². The molecule has 2 N–H and O–H groups in total. The molecular formula is C22H23N5O. The minimum atomic E-state index is -0.0670. The monoisotopic (exact) mass is 373 g/mol. The summed E-state index contributed by atoms with van der Waals surface area (Å²) in [4.78, 5) is 15.0. The van der Waals surface area contributed by atoms with Crippen LogP contribution in [0, 0.1) is 0 Å². The van der Waals surface area contributed by atoms with Gasteiger partial charge in [0.1, 0.15) is 0 Å².